The van der Waals surface area contributed by atoms with Gasteiger partial charge in [0.15, 0.2) is 20.5 Å². The van der Waals surface area contributed by atoms with E-state index in [1.165, 1.54) is 93.9 Å². The average Bonchev–Trinajstić information content (AvgIpc) is 1.72. The fourth-order valence-electron chi connectivity index (χ4n) is 17.7. The van der Waals surface area contributed by atoms with Gasteiger partial charge in [-0.2, -0.15) is 20.4 Å². The number of nitrogens with zero attached hydrogens (tertiary/aromatic N) is 12. The van der Waals surface area contributed by atoms with Crippen molar-refractivity contribution in [3.63, 3.8) is 0 Å². The lowest BCUT2D eigenvalue weighted by Gasteiger charge is -2.30. The summed E-state index contributed by atoms with van der Waals surface area (Å²) >= 11 is 5.63. The van der Waals surface area contributed by atoms with Gasteiger partial charge in [-0.15, -0.1) is 45.3 Å². The lowest BCUT2D eigenvalue weighted by Crippen LogP contribution is -2.32. The Morgan fingerprint density at radius 1 is 0.307 bits per heavy atom. The minimum absolute atomic E-state index is 0.0299. The minimum Gasteiger partial charge on any atom is -0.302 e. The Kier molecular flexibility index (Phi) is 29.9. The molecule has 12 aromatic carbocycles. The van der Waals surface area contributed by atoms with Crippen molar-refractivity contribution < 1.29 is 36.7 Å². The van der Waals surface area contributed by atoms with Crippen molar-refractivity contribution in [2.45, 2.75) is 77.6 Å². The molecule has 137 heavy (non-hydrogen) atoms. The number of anilines is 4. The lowest BCUT2D eigenvalue weighted by molar-refractivity contribution is -0.122. The topological polar surface area (TPSA) is 239 Å². The Labute approximate surface area is 804 Å². The Hall–Kier alpha value is -15.4. The number of fused-ring (bicyclic) bond motifs is 4. The van der Waals surface area contributed by atoms with Gasteiger partial charge in [0.25, 0.3) is 0 Å². The summed E-state index contributed by atoms with van der Waals surface area (Å²) in [4.78, 5) is 70.3. The summed E-state index contributed by atoms with van der Waals surface area (Å²) in [6.45, 7) is 10.2. The van der Waals surface area contributed by atoms with Crippen LogP contribution < -0.4 is 21.3 Å². The monoisotopic (exact) mass is 1890 g/mol. The van der Waals surface area contributed by atoms with Crippen molar-refractivity contribution in [3.8, 4) is 22.7 Å². The van der Waals surface area contributed by atoms with Gasteiger partial charge in [-0.1, -0.05) is 187 Å². The number of aromatic nitrogens is 12. The van der Waals surface area contributed by atoms with Crippen molar-refractivity contribution in [3.05, 3.63) is 430 Å². The predicted octanol–water partition coefficient (Wildman–Crippen LogP) is 25.9. The van der Waals surface area contributed by atoms with Crippen LogP contribution in [0.1, 0.15) is 122 Å². The highest BCUT2D eigenvalue weighted by atomic mass is 32.1. The molecule has 0 radical (unpaired) electrons. The smallest absolute Gasteiger partial charge is 0.230 e. The molecule has 20 aromatic rings. The zero-order chi connectivity index (χ0) is 94.8. The summed E-state index contributed by atoms with van der Waals surface area (Å²) in [7, 11) is 0. The number of hydrogen-bond donors (Lipinski definition) is 4. The largest absolute Gasteiger partial charge is 0.302 e. The van der Waals surface area contributed by atoms with Gasteiger partial charge in [-0.05, 0) is 209 Å². The van der Waals surface area contributed by atoms with Gasteiger partial charge in [0.1, 0.15) is 23.3 Å². The zero-order valence-corrected chi connectivity index (χ0v) is 78.4. The Morgan fingerprint density at radius 2 is 0.577 bits per heavy atom. The normalized spacial score (nSPS) is 13.0. The van der Waals surface area contributed by atoms with E-state index in [1.807, 2.05) is 163 Å². The molecule has 4 amide bonds. The van der Waals surface area contributed by atoms with E-state index in [0.29, 0.717) is 26.9 Å². The highest BCUT2D eigenvalue weighted by Crippen LogP contribution is 2.43. The molecule has 8 unspecified atom stereocenters. The van der Waals surface area contributed by atoms with E-state index in [-0.39, 0.29) is 100 Å². The van der Waals surface area contributed by atoms with Crippen molar-refractivity contribution in [1.82, 2.24) is 59.1 Å². The van der Waals surface area contributed by atoms with Gasteiger partial charge in [-0.25, -0.2) is 56.2 Å². The summed E-state index contributed by atoms with van der Waals surface area (Å²) in [5.74, 6) is -3.03. The number of amides is 4. The van der Waals surface area contributed by atoms with Crippen molar-refractivity contribution >= 4 is 133 Å². The van der Waals surface area contributed by atoms with Gasteiger partial charge in [0.05, 0.1) is 75.5 Å². The quantitative estimate of drug-likeness (QED) is 0.0335. The van der Waals surface area contributed by atoms with E-state index < -0.39 is 0 Å². The van der Waals surface area contributed by atoms with Gasteiger partial charge >= 0.3 is 0 Å². The first-order valence-corrected chi connectivity index (χ1v) is 48.4. The third-order valence-electron chi connectivity index (χ3n) is 24.2. The number of halogens is 4. The van der Waals surface area contributed by atoms with Crippen LogP contribution in [0.3, 0.4) is 0 Å². The van der Waals surface area contributed by atoms with Gasteiger partial charge in [0, 0.05) is 109 Å². The maximum absolute atomic E-state index is 13.5. The summed E-state index contributed by atoms with van der Waals surface area (Å²) in [6.07, 6.45) is 16.2. The van der Waals surface area contributed by atoms with E-state index in [9.17, 15) is 36.7 Å². The summed E-state index contributed by atoms with van der Waals surface area (Å²) < 4.78 is 60.7. The van der Waals surface area contributed by atoms with Crippen LogP contribution in [-0.4, -0.2) is 82.7 Å². The van der Waals surface area contributed by atoms with Gasteiger partial charge in [0.2, 0.25) is 23.6 Å². The molecule has 0 fully saturated rings. The van der Waals surface area contributed by atoms with Crippen LogP contribution in [0.2, 0.25) is 0 Å². The molecule has 0 aliphatic carbocycles. The first-order chi connectivity index (χ1) is 66.9. The molecule has 0 saturated heterocycles. The van der Waals surface area contributed by atoms with E-state index in [2.05, 4.69) is 161 Å². The number of thiazole rings is 4. The van der Waals surface area contributed by atoms with Crippen LogP contribution in [0.4, 0.5) is 38.1 Å². The second-order valence-electron chi connectivity index (χ2n) is 33.2. The fourth-order valence-corrected chi connectivity index (χ4v) is 19.9. The molecule has 0 aliphatic heterocycles. The van der Waals surface area contributed by atoms with Crippen LogP contribution in [0, 0.1) is 52.9 Å². The molecule has 20 nitrogen and oxygen atoms in total. The SMILES string of the molecule is CC(C(=O)Nc1nccs1)C(c1ccccc1)c1ccc2c(cnn2-c2ccc(F)cc2)c1.CC(C)C(C(=O)Nc1nccs1)C(c1ccccc1)c1ccc2c(cnn2-c2ccc(F)cc2)c1.CCC(C(=O)Nc1nccs1)C(c1ccccc1)c1ccc2c(cnn2-c2ccc(F)cc2)c1.CCCC(C(=O)Nc1nccs1)C(c1ccccc1)c1ccc2c(cnn2-c2ccc(F)cc2)c1. The van der Waals surface area contributed by atoms with E-state index in [0.717, 1.165) is 124 Å². The number of carbonyl (C=O) groups is 4. The van der Waals surface area contributed by atoms with Crippen LogP contribution in [0.5, 0.6) is 0 Å². The second kappa shape index (κ2) is 43.8. The number of nitrogens with one attached hydrogen (secondary N) is 4. The Balaban J connectivity index is 0.000000127. The van der Waals surface area contributed by atoms with Crippen molar-refractivity contribution in [2.24, 2.45) is 29.6 Å². The molecule has 0 saturated carbocycles. The predicted molar refractivity (Wildman–Crippen MR) is 540 cm³/mol. The Bertz CT molecular complexity index is 7390. The summed E-state index contributed by atoms with van der Waals surface area (Å²) in [6, 6.07) is 90.2. The molecule has 0 spiro atoms. The fraction of sp³-hybridized carbons (Fsp3) is 0.156. The molecule has 4 N–H and O–H groups in total. The minimum atomic E-state index is -0.333. The van der Waals surface area contributed by atoms with Crippen LogP contribution in [0.15, 0.2) is 362 Å². The maximum atomic E-state index is 13.5. The third kappa shape index (κ3) is 22.0. The lowest BCUT2D eigenvalue weighted by atomic mass is 9.74. The molecule has 0 bridgehead atoms. The molecular weight excluding hydrogens is 1800 g/mol. The van der Waals surface area contributed by atoms with Gasteiger partial charge in [-0.3, -0.25) is 19.2 Å². The molecule has 8 heterocycles. The maximum Gasteiger partial charge on any atom is 0.230 e. The molecular formula is C109H94F4N16O4S4. The van der Waals surface area contributed by atoms with Crippen molar-refractivity contribution in [1.29, 1.82) is 0 Å². The van der Waals surface area contributed by atoms with Crippen LogP contribution in [0.25, 0.3) is 66.4 Å². The molecule has 686 valence electrons. The molecule has 20 rings (SSSR count). The standard InChI is InChI=1S/2C28H25FN4OS.C27H23FN4OS.C26H21FN4OS/c1-18(2)25(27(34)32-28-30-14-15-35-28)26(19-6-4-3-5-7-19)20-8-13-24-21(16-20)17-31-33(24)23-11-9-22(29)10-12-23;1-2-6-24(27(34)32-28-30-15-16-35-28)26(19-7-4-3-5-8-19)20-9-14-25-21(17-20)18-31-33(25)23-12-10-22(29)11-13-23;1-2-23(26(33)31-27-29-14-15-34-27)25(18-6-4-3-5-7-18)19-8-13-24-20(16-19)17-30-32(24)22-11-9-21(28)10-12-22;1-17(25(32)30-26-28-13-14-33-26)24(18-5-3-2-4-6-18)19-7-12-23-20(15-19)16-29-31(23)22-10-8-21(27)9-11-22/h3-18,25-26H,1-2H3,(H,30,32,34);3-5,7-18,24,26H,2,6H2,1H3,(H,30,32,34);3-17,23,25H,2H2,1H3,(H,29,31,33);2-17,24H,1H3,(H,28,30,32). The van der Waals surface area contributed by atoms with Crippen molar-refractivity contribution in [2.75, 3.05) is 21.3 Å². The van der Waals surface area contributed by atoms with Crippen LogP contribution >= 0.6 is 45.3 Å². The van der Waals surface area contributed by atoms with Gasteiger partial charge < -0.3 is 21.3 Å². The molecule has 8 atom stereocenters. The third-order valence-corrected chi connectivity index (χ3v) is 26.9. The van der Waals surface area contributed by atoms with E-state index in [4.69, 9.17) is 0 Å². The first-order valence-electron chi connectivity index (χ1n) is 44.8. The number of hydrogen-bond acceptors (Lipinski definition) is 16. The number of carbonyl (C=O) groups excluding carboxylic acids is 4. The van der Waals surface area contributed by atoms with E-state index >= 15 is 0 Å². The molecule has 8 aromatic heterocycles. The summed E-state index contributed by atoms with van der Waals surface area (Å²) in [5, 5.41) is 43.7. The summed E-state index contributed by atoms with van der Waals surface area (Å²) in [5.41, 5.74) is 15.3. The number of benzene rings is 12. The molecule has 0 aliphatic rings. The average molecular weight is 1900 g/mol. The van der Waals surface area contributed by atoms with E-state index in [1.54, 1.807) is 104 Å². The number of rotatable bonds is 28. The van der Waals surface area contributed by atoms with Crippen LogP contribution in [-0.2, 0) is 19.2 Å². The zero-order valence-electron chi connectivity index (χ0n) is 75.1. The Morgan fingerprint density at radius 3 is 0.869 bits per heavy atom. The molecule has 28 heteroatoms. The highest BCUT2D eigenvalue weighted by molar-refractivity contribution is 7.14. The first kappa shape index (κ1) is 93.4. The highest BCUT2D eigenvalue weighted by Gasteiger charge is 2.37. The second-order valence-corrected chi connectivity index (χ2v) is 36.8.